The molecule has 5 aromatic carbocycles. The van der Waals surface area contributed by atoms with Gasteiger partial charge in [0.2, 0.25) is 36.0 Å². The van der Waals surface area contributed by atoms with Crippen molar-refractivity contribution in [1.82, 2.24) is 72.9 Å². The highest BCUT2D eigenvalue weighted by Gasteiger charge is 2.40. The number of sulfonamides is 3. The number of carbonyl (C=O) groups is 1. The molecule has 10 aromatic rings. The molecule has 4 N–H and O–H groups in total. The summed E-state index contributed by atoms with van der Waals surface area (Å²) in [6.07, 6.45) is 17.9. The number of carbonyl (C=O) groups excluding carboxylic acids is 1. The minimum absolute atomic E-state index is 0.0105. The molecule has 0 radical (unpaired) electrons. The second kappa shape index (κ2) is 36.0. The first kappa shape index (κ1) is 84.6. The van der Waals surface area contributed by atoms with Crippen molar-refractivity contribution in [2.24, 2.45) is 0 Å². The van der Waals surface area contributed by atoms with E-state index in [0.29, 0.717) is 118 Å². The van der Waals surface area contributed by atoms with Crippen LogP contribution in [0.25, 0.3) is 54.5 Å². The van der Waals surface area contributed by atoms with Gasteiger partial charge in [0.25, 0.3) is 0 Å². The molecule has 5 aromatic heterocycles. The van der Waals surface area contributed by atoms with E-state index in [0.717, 1.165) is 123 Å². The second-order valence-electron chi connectivity index (χ2n) is 29.9. The fourth-order valence-electron chi connectivity index (χ4n) is 14.7. The number of halogens is 4. The molecular weight excluding hydrogens is 1570 g/mol. The Kier molecular flexibility index (Phi) is 27.5. The molecule has 5 aliphatic heterocycles. The van der Waals surface area contributed by atoms with Crippen LogP contribution in [0.3, 0.4) is 0 Å². The van der Waals surface area contributed by atoms with E-state index in [4.69, 9.17) is 70.5 Å². The van der Waals surface area contributed by atoms with E-state index in [2.05, 4.69) is 95.4 Å². The number of hydrogen-bond acceptors (Lipinski definition) is 20. The Bertz CT molecular complexity index is 5230. The normalized spacial score (nSPS) is 18.1. The minimum Gasteiger partial charge on any atom is -0.490 e. The molecule has 604 valence electrons. The topological polar surface area (TPSA) is 321 Å². The van der Waals surface area contributed by atoms with Crippen LogP contribution in [0.5, 0.6) is 17.2 Å². The van der Waals surface area contributed by atoms with E-state index in [9.17, 15) is 30.0 Å². The van der Waals surface area contributed by atoms with Crippen molar-refractivity contribution >= 4 is 148 Å². The Hall–Kier alpha value is -7.31. The third kappa shape index (κ3) is 21.2. The maximum Gasteiger partial charge on any atom is 0.219 e. The van der Waals surface area contributed by atoms with E-state index in [1.807, 2.05) is 66.2 Å². The summed E-state index contributed by atoms with van der Waals surface area (Å²) in [4.78, 5) is 20.2. The number of anilines is 2. The summed E-state index contributed by atoms with van der Waals surface area (Å²) in [6.45, 7) is 22.1. The first-order chi connectivity index (χ1) is 52.6. The number of piperazine rings is 2. The van der Waals surface area contributed by atoms with Crippen LogP contribution in [0.2, 0.25) is 20.1 Å². The third-order valence-corrected chi connectivity index (χ3v) is 25.9. The number of benzene rings is 5. The lowest BCUT2D eigenvalue weighted by molar-refractivity contribution is -0.130. The number of likely N-dealkylation sites (N-methyl/N-ethyl adjacent to an activating group) is 1. The Balaban J connectivity index is 0.000000138. The number of piperidine rings is 3. The molecule has 0 bridgehead atoms. The lowest BCUT2D eigenvalue weighted by Gasteiger charge is -2.46. The molecule has 0 unspecified atom stereocenters. The number of rotatable bonds is 17. The van der Waals surface area contributed by atoms with E-state index >= 15 is 0 Å². The van der Waals surface area contributed by atoms with Gasteiger partial charge in [0, 0.05) is 159 Å². The second-order valence-corrected chi connectivity index (χ2v) is 37.5. The quantitative estimate of drug-likeness (QED) is 0.0658. The molecule has 1 amide bonds. The molecule has 0 atom stereocenters. The first-order valence-electron chi connectivity index (χ1n) is 37.1. The number of nitrogens with zero attached hydrogens (tertiary/aromatic N) is 14. The zero-order chi connectivity index (χ0) is 79.9. The van der Waals surface area contributed by atoms with Gasteiger partial charge in [-0.1, -0.05) is 53.3 Å². The van der Waals surface area contributed by atoms with Gasteiger partial charge in [0.05, 0.1) is 120 Å². The molecule has 5 aliphatic rings. The SMILES string of the molecule is CC(=O)N1CCC(Oc2cc(Cl)cc3[nH]ncc23)CC1.CCc1cc(N2CCN(S(C)(=O)=O)C(C)(C)C2)c2cn[nH]c2c1.CN1CCN(c2cc(Cl)cc3[nH]ncc23)CC1(C)C.COCCn1ncc2c(OC3CCN(S(C)(=O)=O)CC3)cc(Cl)cc21.CS(=O)(=O)N1CCC(Oc2cc(Cl)cc3c2cnn3CCO)CC1. The van der Waals surface area contributed by atoms with Crippen molar-refractivity contribution in [3.63, 3.8) is 0 Å². The van der Waals surface area contributed by atoms with Crippen LogP contribution in [0.4, 0.5) is 11.4 Å². The molecule has 10 heterocycles. The van der Waals surface area contributed by atoms with Gasteiger partial charge in [0.15, 0.2) is 0 Å². The van der Waals surface area contributed by atoms with Crippen LogP contribution >= 0.6 is 46.4 Å². The molecule has 0 saturated carbocycles. The summed E-state index contributed by atoms with van der Waals surface area (Å²) in [7, 11) is -5.65. The Morgan fingerprint density at radius 3 is 1.37 bits per heavy atom. The number of aromatic nitrogens is 10. The molecule has 5 saturated heterocycles. The predicted molar refractivity (Wildman–Crippen MR) is 439 cm³/mol. The van der Waals surface area contributed by atoms with Crippen LogP contribution in [0.15, 0.2) is 91.6 Å². The number of fused-ring (bicyclic) bond motifs is 5. The van der Waals surface area contributed by atoms with Gasteiger partial charge >= 0.3 is 0 Å². The Morgan fingerprint density at radius 1 is 0.514 bits per heavy atom. The van der Waals surface area contributed by atoms with Gasteiger partial charge in [-0.05, 0) is 133 Å². The number of aliphatic hydroxyl groups excluding tert-OH is 1. The summed E-state index contributed by atoms with van der Waals surface area (Å²) in [6, 6.07) is 19.1. The number of likely N-dealkylation sites (tertiary alicyclic amines) is 1. The maximum absolute atomic E-state index is 12.0. The zero-order valence-corrected chi connectivity index (χ0v) is 70.1. The molecule has 0 aliphatic carbocycles. The van der Waals surface area contributed by atoms with Crippen LogP contribution < -0.4 is 24.0 Å². The van der Waals surface area contributed by atoms with Crippen LogP contribution in [-0.2, 0) is 59.1 Å². The number of nitrogens with one attached hydrogen (secondary N) is 3. The standard InChI is InChI=1S/C16H22ClN3O4S.C16H24N4O2S.C15H20ClN3O4S.C14H19ClN4.C14H16ClN3O2/c1-23-8-7-20-15-9-12(17)10-16(14(15)11-18-20)24-13-3-5-19(6-4-13)25(2,21)22;1-5-12-8-14-13(10-17-18-14)15(9-12)19-6-7-20(23(4,21)22)16(2,3)11-19;1-24(21,22)18-4-2-12(3-5-18)23-15-9-11(16)8-14-13(15)10-17-19(14)6-7-20;1-14(2)9-19(5-4-18(14)3)13-7-10(15)6-12-11(13)8-16-17-12;1-9(19)18-4-2-11(3-5-18)20-14-7-10(15)6-13-12(14)8-16-17-13/h9-11,13H,3-8H2,1-2H3;8-10H,5-7,11H2,1-4H3,(H,17,18);8-10,12,20H,2-7H2,1H3;6-8H,4-5,9H2,1-3H3,(H,16,17);6-8,11H,2-5H2,1H3,(H,16,17). The number of aryl methyl sites for hydroxylation is 1. The van der Waals surface area contributed by atoms with Crippen molar-refractivity contribution in [2.75, 3.05) is 134 Å². The fraction of sp³-hybridized carbons (Fsp3) is 0.520. The van der Waals surface area contributed by atoms with Crippen LogP contribution in [0.1, 0.15) is 85.6 Å². The molecule has 36 heteroatoms. The van der Waals surface area contributed by atoms with Crippen LogP contribution in [0, 0.1) is 0 Å². The largest absolute Gasteiger partial charge is 0.490 e. The minimum atomic E-state index is -3.20. The van der Waals surface area contributed by atoms with Gasteiger partial charge in [-0.3, -0.25) is 34.4 Å². The van der Waals surface area contributed by atoms with Gasteiger partial charge in [0.1, 0.15) is 35.6 Å². The molecule has 15 rings (SSSR count). The van der Waals surface area contributed by atoms with E-state index in [1.165, 1.54) is 38.6 Å². The average Bonchev–Trinajstić information content (AvgIpc) is 1.46. The average molecular weight is 1670 g/mol. The number of aromatic amines is 3. The van der Waals surface area contributed by atoms with Crippen molar-refractivity contribution in [1.29, 1.82) is 0 Å². The number of amides is 1. The number of ether oxygens (including phenoxy) is 4. The lowest BCUT2D eigenvalue weighted by atomic mass is 9.99. The summed E-state index contributed by atoms with van der Waals surface area (Å²) >= 11 is 24.7. The van der Waals surface area contributed by atoms with Crippen molar-refractivity contribution < 1.29 is 54.1 Å². The maximum atomic E-state index is 12.0. The molecular formula is C75H101Cl4N17O12S3. The smallest absolute Gasteiger partial charge is 0.219 e. The van der Waals surface area contributed by atoms with Crippen molar-refractivity contribution in [2.45, 2.75) is 129 Å². The summed E-state index contributed by atoms with van der Waals surface area (Å²) in [5.74, 6) is 2.20. The van der Waals surface area contributed by atoms with E-state index in [-0.39, 0.29) is 36.4 Å². The highest BCUT2D eigenvalue weighted by atomic mass is 35.5. The molecule has 111 heavy (non-hydrogen) atoms. The first-order valence-corrected chi connectivity index (χ1v) is 44.1. The summed E-state index contributed by atoms with van der Waals surface area (Å²) in [5, 5.41) is 46.4. The van der Waals surface area contributed by atoms with Crippen molar-refractivity contribution in [3.8, 4) is 17.2 Å². The number of methoxy groups -OCH3 is 1. The van der Waals surface area contributed by atoms with E-state index < -0.39 is 35.6 Å². The monoisotopic (exact) mass is 1670 g/mol. The van der Waals surface area contributed by atoms with Gasteiger partial charge in [-0.2, -0.15) is 29.8 Å². The number of hydrogen-bond donors (Lipinski definition) is 4. The summed E-state index contributed by atoms with van der Waals surface area (Å²) in [5.41, 5.74) is 7.89. The Labute approximate surface area is 668 Å². The van der Waals surface area contributed by atoms with Gasteiger partial charge < -0.3 is 38.8 Å². The fourth-order valence-corrected chi connectivity index (χ4v) is 18.7. The van der Waals surface area contributed by atoms with Gasteiger partial charge in [-0.15, -0.1) is 0 Å². The van der Waals surface area contributed by atoms with Crippen molar-refractivity contribution in [3.05, 3.63) is 117 Å². The third-order valence-electron chi connectivity index (χ3n) is 20.9. The number of aliphatic hydroxyl groups is 1. The highest BCUT2D eigenvalue weighted by molar-refractivity contribution is 7.88. The van der Waals surface area contributed by atoms with Gasteiger partial charge in [-0.25, -0.2) is 33.9 Å². The number of H-pyrrole nitrogens is 3. The summed E-state index contributed by atoms with van der Waals surface area (Å²) < 4.78 is 102. The van der Waals surface area contributed by atoms with E-state index in [1.54, 1.807) is 59.8 Å². The predicted octanol–water partition coefficient (Wildman–Crippen LogP) is 11.0. The molecule has 0 spiro atoms. The Morgan fingerprint density at radius 2 is 0.928 bits per heavy atom. The highest BCUT2D eigenvalue weighted by Crippen LogP contribution is 2.38. The molecule has 29 nitrogen and oxygen atoms in total. The lowest BCUT2D eigenvalue weighted by Crippen LogP contribution is -2.60. The van der Waals surface area contributed by atoms with Crippen LogP contribution in [-0.4, -0.2) is 263 Å². The molecule has 5 fully saturated rings. The zero-order valence-electron chi connectivity index (χ0n) is 64.6.